The number of para-hydroxylation sites is 1. The lowest BCUT2D eigenvalue weighted by molar-refractivity contribution is -0.153. The van der Waals surface area contributed by atoms with Crippen LogP contribution in [0.25, 0.3) is 0 Å². The van der Waals surface area contributed by atoms with Gasteiger partial charge in [0.1, 0.15) is 0 Å². The van der Waals surface area contributed by atoms with Crippen LogP contribution in [0, 0.1) is 5.92 Å². The summed E-state index contributed by atoms with van der Waals surface area (Å²) >= 11 is 0. The Kier molecular flexibility index (Phi) is 8.45. The summed E-state index contributed by atoms with van der Waals surface area (Å²) in [6.07, 6.45) is 1.65. The average molecular weight is 404 g/mol. The van der Waals surface area contributed by atoms with Crippen molar-refractivity contribution in [2.24, 2.45) is 5.92 Å². The van der Waals surface area contributed by atoms with E-state index in [2.05, 4.69) is 16.0 Å². The second-order valence-corrected chi connectivity index (χ2v) is 7.00. The smallest absolute Gasteiger partial charge is 0.321 e. The van der Waals surface area contributed by atoms with Crippen molar-refractivity contribution in [1.82, 2.24) is 15.5 Å². The first-order chi connectivity index (χ1) is 13.9. The van der Waals surface area contributed by atoms with E-state index in [0.29, 0.717) is 31.6 Å². The standard InChI is InChI=1S/C20H28N4O5/c1-3-14(2)21-19(27)23-17(25)13-29-18(26)15-9-11-24(12-10-15)20(28)22-16-7-5-4-6-8-16/h4-8,14-15H,3,9-13H2,1-2H3,(H,22,28)(H2,21,23,25,27)/t14-/m1/s1. The van der Waals surface area contributed by atoms with Gasteiger partial charge in [-0.2, -0.15) is 0 Å². The van der Waals surface area contributed by atoms with Crippen LogP contribution < -0.4 is 16.0 Å². The van der Waals surface area contributed by atoms with E-state index in [0.717, 1.165) is 6.42 Å². The van der Waals surface area contributed by atoms with E-state index in [1.807, 2.05) is 32.0 Å². The fraction of sp³-hybridized carbons (Fsp3) is 0.500. The van der Waals surface area contributed by atoms with Gasteiger partial charge in [0.25, 0.3) is 5.91 Å². The largest absolute Gasteiger partial charge is 0.455 e. The van der Waals surface area contributed by atoms with Crippen LogP contribution in [0.5, 0.6) is 0 Å². The summed E-state index contributed by atoms with van der Waals surface area (Å²) in [7, 11) is 0. The molecule has 158 valence electrons. The summed E-state index contributed by atoms with van der Waals surface area (Å²) < 4.78 is 5.02. The third kappa shape index (κ3) is 7.44. The summed E-state index contributed by atoms with van der Waals surface area (Å²) in [6.45, 7) is 4.05. The molecule has 0 saturated carbocycles. The van der Waals surface area contributed by atoms with E-state index in [4.69, 9.17) is 4.74 Å². The van der Waals surface area contributed by atoms with Crippen molar-refractivity contribution in [3.05, 3.63) is 30.3 Å². The number of anilines is 1. The molecule has 1 aromatic rings. The Bertz CT molecular complexity index is 717. The van der Waals surface area contributed by atoms with Gasteiger partial charge in [-0.3, -0.25) is 14.9 Å². The highest BCUT2D eigenvalue weighted by molar-refractivity contribution is 5.95. The van der Waals surface area contributed by atoms with Crippen LogP contribution in [0.15, 0.2) is 30.3 Å². The predicted molar refractivity (Wildman–Crippen MR) is 107 cm³/mol. The first-order valence-electron chi connectivity index (χ1n) is 9.77. The lowest BCUT2D eigenvalue weighted by atomic mass is 9.97. The Morgan fingerprint density at radius 2 is 1.79 bits per heavy atom. The number of hydrogen-bond donors (Lipinski definition) is 3. The molecule has 0 unspecified atom stereocenters. The van der Waals surface area contributed by atoms with Crippen LogP contribution in [0.4, 0.5) is 15.3 Å². The van der Waals surface area contributed by atoms with Gasteiger partial charge in [0.05, 0.1) is 5.92 Å². The van der Waals surface area contributed by atoms with Gasteiger partial charge in [-0.05, 0) is 38.3 Å². The lowest BCUT2D eigenvalue weighted by Crippen LogP contribution is -2.45. The molecule has 1 aliphatic rings. The molecular weight excluding hydrogens is 376 g/mol. The van der Waals surface area contributed by atoms with Gasteiger partial charge < -0.3 is 20.3 Å². The fourth-order valence-electron chi connectivity index (χ4n) is 2.82. The van der Waals surface area contributed by atoms with Gasteiger partial charge in [-0.15, -0.1) is 0 Å². The second-order valence-electron chi connectivity index (χ2n) is 7.00. The third-order valence-electron chi connectivity index (χ3n) is 4.73. The minimum absolute atomic E-state index is 0.0605. The molecule has 2 rings (SSSR count). The van der Waals surface area contributed by atoms with Crippen molar-refractivity contribution in [3.63, 3.8) is 0 Å². The van der Waals surface area contributed by atoms with Crippen molar-refractivity contribution in [2.75, 3.05) is 25.0 Å². The maximum absolute atomic E-state index is 12.3. The van der Waals surface area contributed by atoms with E-state index >= 15 is 0 Å². The number of piperidine rings is 1. The Morgan fingerprint density at radius 1 is 1.14 bits per heavy atom. The van der Waals surface area contributed by atoms with Crippen molar-refractivity contribution in [1.29, 1.82) is 0 Å². The van der Waals surface area contributed by atoms with Crippen molar-refractivity contribution in [2.45, 2.75) is 39.2 Å². The Hall–Kier alpha value is -3.10. The van der Waals surface area contributed by atoms with Crippen molar-refractivity contribution >= 4 is 29.6 Å². The van der Waals surface area contributed by atoms with Gasteiger partial charge in [0, 0.05) is 24.8 Å². The summed E-state index contributed by atoms with van der Waals surface area (Å²) in [6, 6.07) is 8.25. The van der Waals surface area contributed by atoms with Gasteiger partial charge in [-0.25, -0.2) is 9.59 Å². The molecule has 0 bridgehead atoms. The van der Waals surface area contributed by atoms with Crippen molar-refractivity contribution < 1.29 is 23.9 Å². The third-order valence-corrected chi connectivity index (χ3v) is 4.73. The molecular formula is C20H28N4O5. The number of amides is 5. The number of benzene rings is 1. The van der Waals surface area contributed by atoms with Crippen LogP contribution in [-0.2, 0) is 14.3 Å². The van der Waals surface area contributed by atoms with Crippen LogP contribution in [-0.4, -0.2) is 54.6 Å². The zero-order valence-electron chi connectivity index (χ0n) is 16.8. The van der Waals surface area contributed by atoms with Gasteiger partial charge >= 0.3 is 18.0 Å². The highest BCUT2D eigenvalue weighted by Gasteiger charge is 2.29. The Morgan fingerprint density at radius 3 is 2.41 bits per heavy atom. The summed E-state index contributed by atoms with van der Waals surface area (Å²) in [5.74, 6) is -1.55. The lowest BCUT2D eigenvalue weighted by Gasteiger charge is -2.30. The van der Waals surface area contributed by atoms with E-state index in [1.165, 1.54) is 0 Å². The van der Waals surface area contributed by atoms with Gasteiger partial charge in [0.2, 0.25) is 0 Å². The van der Waals surface area contributed by atoms with Gasteiger partial charge in [-0.1, -0.05) is 25.1 Å². The van der Waals surface area contributed by atoms with E-state index < -0.39 is 24.5 Å². The zero-order chi connectivity index (χ0) is 21.2. The molecule has 1 atom stereocenters. The number of ether oxygens (including phenoxy) is 1. The number of hydrogen-bond acceptors (Lipinski definition) is 5. The van der Waals surface area contributed by atoms with Crippen LogP contribution >= 0.6 is 0 Å². The molecule has 0 aliphatic carbocycles. The molecule has 1 fully saturated rings. The zero-order valence-corrected chi connectivity index (χ0v) is 16.8. The monoisotopic (exact) mass is 404 g/mol. The summed E-state index contributed by atoms with van der Waals surface area (Å²) in [4.78, 5) is 49.4. The number of nitrogens with zero attached hydrogens (tertiary/aromatic N) is 1. The molecule has 9 nitrogen and oxygen atoms in total. The first kappa shape index (κ1) is 22.2. The molecule has 3 N–H and O–H groups in total. The van der Waals surface area contributed by atoms with Crippen molar-refractivity contribution in [3.8, 4) is 0 Å². The van der Waals surface area contributed by atoms with Crippen LogP contribution in [0.3, 0.4) is 0 Å². The number of imide groups is 1. The van der Waals surface area contributed by atoms with E-state index in [1.54, 1.807) is 17.0 Å². The SMILES string of the molecule is CC[C@@H](C)NC(=O)NC(=O)COC(=O)C1CCN(C(=O)Nc2ccccc2)CC1. The average Bonchev–Trinajstić information content (AvgIpc) is 2.72. The predicted octanol–water partition coefficient (Wildman–Crippen LogP) is 2.10. The number of esters is 1. The molecule has 0 aromatic heterocycles. The molecule has 9 heteroatoms. The first-order valence-corrected chi connectivity index (χ1v) is 9.77. The van der Waals surface area contributed by atoms with E-state index in [-0.39, 0.29) is 18.0 Å². The molecule has 1 saturated heterocycles. The minimum atomic E-state index is -0.682. The summed E-state index contributed by atoms with van der Waals surface area (Å²) in [5.41, 5.74) is 0.711. The molecule has 1 aromatic carbocycles. The number of likely N-dealkylation sites (tertiary alicyclic amines) is 1. The summed E-state index contributed by atoms with van der Waals surface area (Å²) in [5, 5.41) is 7.52. The number of rotatable bonds is 6. The molecule has 5 amide bonds. The van der Waals surface area contributed by atoms with E-state index in [9.17, 15) is 19.2 Å². The highest BCUT2D eigenvalue weighted by atomic mass is 16.5. The van der Waals surface area contributed by atoms with Crippen LogP contribution in [0.1, 0.15) is 33.1 Å². The van der Waals surface area contributed by atoms with Gasteiger partial charge in [0.15, 0.2) is 6.61 Å². The Labute approximate surface area is 170 Å². The fourth-order valence-corrected chi connectivity index (χ4v) is 2.82. The Balaban J connectivity index is 1.68. The van der Waals surface area contributed by atoms with Crippen LogP contribution in [0.2, 0.25) is 0 Å². The molecule has 29 heavy (non-hydrogen) atoms. The number of carbonyl (C=O) groups excluding carboxylic acids is 4. The molecule has 0 radical (unpaired) electrons. The number of nitrogens with one attached hydrogen (secondary N) is 3. The maximum Gasteiger partial charge on any atom is 0.321 e. The highest BCUT2D eigenvalue weighted by Crippen LogP contribution is 2.19. The number of carbonyl (C=O) groups is 4. The normalized spacial score (nSPS) is 15.2. The molecule has 0 spiro atoms. The second kappa shape index (κ2) is 11.0. The number of urea groups is 2. The quantitative estimate of drug-likeness (QED) is 0.628. The molecule has 1 heterocycles. The maximum atomic E-state index is 12.3. The minimum Gasteiger partial charge on any atom is -0.455 e. The molecule has 1 aliphatic heterocycles. The topological polar surface area (TPSA) is 117 Å².